The van der Waals surface area contributed by atoms with Crippen LogP contribution in [-0.2, 0) is 16.0 Å². The average Bonchev–Trinajstić information content (AvgIpc) is 2.63. The summed E-state index contributed by atoms with van der Waals surface area (Å²) in [6, 6.07) is 3.86. The maximum Gasteiger partial charge on any atom is 0.329 e. The average molecular weight is 219 g/mol. The Morgan fingerprint density at radius 1 is 1.69 bits per heavy atom. The highest BCUT2D eigenvalue weighted by atomic mass is 35.5. The maximum absolute atomic E-state index is 11.1. The van der Waals surface area contributed by atoms with E-state index in [2.05, 4.69) is 11.7 Å². The van der Waals surface area contributed by atoms with Crippen molar-refractivity contribution in [3.05, 3.63) is 21.9 Å². The van der Waals surface area contributed by atoms with Gasteiger partial charge in [-0.1, -0.05) is 6.92 Å². The number of rotatable bonds is 3. The summed E-state index contributed by atoms with van der Waals surface area (Å²) in [5, 5.41) is -0.657. The highest BCUT2D eigenvalue weighted by Crippen LogP contribution is 2.29. The molecule has 0 fully saturated rings. The lowest BCUT2D eigenvalue weighted by Crippen LogP contribution is -2.06. The highest BCUT2D eigenvalue weighted by Gasteiger charge is 2.19. The van der Waals surface area contributed by atoms with Crippen LogP contribution in [0.4, 0.5) is 0 Å². The molecule has 1 heterocycles. The minimum atomic E-state index is -0.657. The second-order valence-corrected chi connectivity index (χ2v) is 4.18. The number of aryl methyl sites for hydroxylation is 1. The Balaban J connectivity index is 2.76. The maximum atomic E-state index is 11.1. The van der Waals surface area contributed by atoms with Gasteiger partial charge in [0.05, 0.1) is 7.11 Å². The van der Waals surface area contributed by atoms with E-state index in [-0.39, 0.29) is 0 Å². The lowest BCUT2D eigenvalue weighted by Gasteiger charge is -2.03. The molecule has 0 radical (unpaired) electrons. The van der Waals surface area contributed by atoms with Crippen molar-refractivity contribution in [2.75, 3.05) is 7.11 Å². The van der Waals surface area contributed by atoms with Crippen molar-refractivity contribution >= 4 is 28.9 Å². The van der Waals surface area contributed by atoms with Crippen LogP contribution in [0, 0.1) is 0 Å². The summed E-state index contributed by atoms with van der Waals surface area (Å²) in [4.78, 5) is 13.1. The molecule has 0 bridgehead atoms. The van der Waals surface area contributed by atoms with Crippen molar-refractivity contribution < 1.29 is 9.53 Å². The molecule has 4 heteroatoms. The third kappa shape index (κ3) is 2.45. The first-order chi connectivity index (χ1) is 6.19. The van der Waals surface area contributed by atoms with Crippen LogP contribution in [0.15, 0.2) is 12.1 Å². The van der Waals surface area contributed by atoms with Crippen LogP contribution in [0.2, 0.25) is 0 Å². The number of carbonyl (C=O) groups excluding carboxylic acids is 1. The molecule has 0 aliphatic rings. The molecule has 1 aromatic heterocycles. The van der Waals surface area contributed by atoms with Crippen molar-refractivity contribution in [3.63, 3.8) is 0 Å². The van der Waals surface area contributed by atoms with Crippen molar-refractivity contribution in [2.45, 2.75) is 18.7 Å². The van der Waals surface area contributed by atoms with Crippen LogP contribution in [0.3, 0.4) is 0 Å². The smallest absolute Gasteiger partial charge is 0.329 e. The monoisotopic (exact) mass is 218 g/mol. The summed E-state index contributed by atoms with van der Waals surface area (Å²) in [6.45, 7) is 2.07. The molecule has 13 heavy (non-hydrogen) atoms. The van der Waals surface area contributed by atoms with Crippen molar-refractivity contribution in [1.82, 2.24) is 0 Å². The van der Waals surface area contributed by atoms with Gasteiger partial charge in [-0.25, -0.2) is 0 Å². The van der Waals surface area contributed by atoms with Gasteiger partial charge in [0.2, 0.25) is 0 Å². The van der Waals surface area contributed by atoms with Crippen LogP contribution in [0.25, 0.3) is 0 Å². The van der Waals surface area contributed by atoms with Gasteiger partial charge in [-0.3, -0.25) is 4.79 Å². The molecule has 0 N–H and O–H groups in total. The Labute approximate surface area is 86.5 Å². The van der Waals surface area contributed by atoms with E-state index < -0.39 is 11.3 Å². The van der Waals surface area contributed by atoms with Gasteiger partial charge in [0.1, 0.15) is 0 Å². The molecule has 1 rings (SSSR count). The van der Waals surface area contributed by atoms with Gasteiger partial charge in [0.25, 0.3) is 0 Å². The van der Waals surface area contributed by atoms with Gasteiger partial charge in [-0.15, -0.1) is 22.9 Å². The van der Waals surface area contributed by atoms with Crippen molar-refractivity contribution in [3.8, 4) is 0 Å². The molecule has 0 saturated carbocycles. The first kappa shape index (κ1) is 10.5. The van der Waals surface area contributed by atoms with E-state index in [9.17, 15) is 4.79 Å². The van der Waals surface area contributed by atoms with Crippen LogP contribution in [0.5, 0.6) is 0 Å². The van der Waals surface area contributed by atoms with E-state index in [0.717, 1.165) is 11.3 Å². The van der Waals surface area contributed by atoms with Crippen LogP contribution in [-0.4, -0.2) is 13.1 Å². The van der Waals surface area contributed by atoms with Crippen molar-refractivity contribution in [1.29, 1.82) is 0 Å². The third-order valence-corrected chi connectivity index (χ3v) is 3.53. The summed E-state index contributed by atoms with van der Waals surface area (Å²) < 4.78 is 4.55. The van der Waals surface area contributed by atoms with Gasteiger partial charge in [0.15, 0.2) is 5.38 Å². The molecule has 72 valence electrons. The Kier molecular flexibility index (Phi) is 3.75. The summed E-state index contributed by atoms with van der Waals surface area (Å²) in [5.41, 5.74) is 0. The Hall–Kier alpha value is -0.540. The summed E-state index contributed by atoms with van der Waals surface area (Å²) >= 11 is 7.41. The number of hydrogen-bond acceptors (Lipinski definition) is 3. The Bertz CT molecular complexity index is 296. The number of hydrogen-bond donors (Lipinski definition) is 0. The molecule has 2 nitrogen and oxygen atoms in total. The van der Waals surface area contributed by atoms with Gasteiger partial charge in [-0.05, 0) is 18.6 Å². The van der Waals surface area contributed by atoms with E-state index in [1.54, 1.807) is 11.3 Å². The van der Waals surface area contributed by atoms with Gasteiger partial charge < -0.3 is 4.74 Å². The van der Waals surface area contributed by atoms with E-state index in [0.29, 0.717) is 0 Å². The van der Waals surface area contributed by atoms with E-state index >= 15 is 0 Å². The molecule has 0 aromatic carbocycles. The summed E-state index contributed by atoms with van der Waals surface area (Å²) in [7, 11) is 1.34. The van der Waals surface area contributed by atoms with Crippen LogP contribution < -0.4 is 0 Å². The standard InChI is InChI=1S/C9H11ClO2S/c1-3-6-4-5-7(13-6)8(10)9(11)12-2/h4-5,8H,3H2,1-2H3. The fourth-order valence-corrected chi connectivity index (χ4v) is 2.15. The minimum absolute atomic E-state index is 0.397. The van der Waals surface area contributed by atoms with Gasteiger partial charge in [0, 0.05) is 9.75 Å². The molecule has 0 saturated heterocycles. The molecule has 1 aromatic rings. The first-order valence-corrected chi connectivity index (χ1v) is 5.24. The predicted molar refractivity (Wildman–Crippen MR) is 54.3 cm³/mol. The second kappa shape index (κ2) is 4.63. The SMILES string of the molecule is CCc1ccc(C(Cl)C(=O)OC)s1. The number of alkyl halides is 1. The quantitative estimate of drug-likeness (QED) is 0.576. The number of esters is 1. The number of thiophene rings is 1. The van der Waals surface area contributed by atoms with Crippen molar-refractivity contribution in [2.24, 2.45) is 0 Å². The zero-order chi connectivity index (χ0) is 9.84. The molecule has 1 atom stereocenters. The fourth-order valence-electron chi connectivity index (χ4n) is 0.940. The van der Waals surface area contributed by atoms with E-state index in [1.165, 1.54) is 12.0 Å². The molecule has 1 unspecified atom stereocenters. The minimum Gasteiger partial charge on any atom is -0.468 e. The van der Waals surface area contributed by atoms with Crippen LogP contribution >= 0.6 is 22.9 Å². The van der Waals surface area contributed by atoms with Gasteiger partial charge >= 0.3 is 5.97 Å². The molecule has 0 spiro atoms. The zero-order valence-electron chi connectivity index (χ0n) is 7.54. The molecule has 0 aliphatic carbocycles. The molecular weight excluding hydrogens is 208 g/mol. The second-order valence-electron chi connectivity index (χ2n) is 2.54. The normalized spacial score (nSPS) is 12.5. The van der Waals surface area contributed by atoms with Crippen LogP contribution in [0.1, 0.15) is 22.1 Å². The third-order valence-electron chi connectivity index (χ3n) is 1.69. The van der Waals surface area contributed by atoms with Gasteiger partial charge in [-0.2, -0.15) is 0 Å². The number of carbonyl (C=O) groups is 1. The first-order valence-electron chi connectivity index (χ1n) is 3.99. The fraction of sp³-hybridized carbons (Fsp3) is 0.444. The lowest BCUT2D eigenvalue weighted by molar-refractivity contribution is -0.140. The molecular formula is C9H11ClO2S. The van der Waals surface area contributed by atoms with E-state index in [4.69, 9.17) is 11.6 Å². The lowest BCUT2D eigenvalue weighted by atomic mass is 10.3. The highest BCUT2D eigenvalue weighted by molar-refractivity contribution is 7.12. The molecule has 0 aliphatic heterocycles. The van der Waals surface area contributed by atoms with E-state index in [1.807, 2.05) is 12.1 Å². The number of methoxy groups -OCH3 is 1. The Morgan fingerprint density at radius 2 is 2.38 bits per heavy atom. The largest absolute Gasteiger partial charge is 0.468 e. The molecule has 0 amide bonds. The Morgan fingerprint density at radius 3 is 2.85 bits per heavy atom. The zero-order valence-corrected chi connectivity index (χ0v) is 9.11. The predicted octanol–water partition coefficient (Wildman–Crippen LogP) is 2.76. The summed E-state index contributed by atoms with van der Waals surface area (Å²) in [5.74, 6) is -0.397. The number of halogens is 1. The summed E-state index contributed by atoms with van der Waals surface area (Å²) in [6.07, 6.45) is 0.968. The topological polar surface area (TPSA) is 26.3 Å². The number of ether oxygens (including phenoxy) is 1.